The van der Waals surface area contributed by atoms with Gasteiger partial charge in [-0.2, -0.15) is 5.10 Å². The molecule has 1 amide bonds. The molecule has 1 fully saturated rings. The van der Waals surface area contributed by atoms with Gasteiger partial charge in [0.05, 0.1) is 11.8 Å². The van der Waals surface area contributed by atoms with Crippen molar-refractivity contribution in [3.05, 3.63) is 47.8 Å². The average Bonchev–Trinajstić information content (AvgIpc) is 3.02. The van der Waals surface area contributed by atoms with Crippen LogP contribution in [-0.4, -0.2) is 49.7 Å². The van der Waals surface area contributed by atoms with Crippen LogP contribution < -0.4 is 0 Å². The number of piperidine rings is 1. The molecule has 1 saturated heterocycles. The molecule has 0 saturated carbocycles. The first kappa shape index (κ1) is 16.1. The van der Waals surface area contributed by atoms with E-state index in [2.05, 4.69) is 10.1 Å². The SMILES string of the molecule is O=C(O)Cn1nccc1[C@@H]1CCCN(C(=O)c2ccncc2F)C1. The van der Waals surface area contributed by atoms with Crippen molar-refractivity contribution in [1.82, 2.24) is 19.7 Å². The minimum absolute atomic E-state index is 0.00435. The number of hydrogen-bond acceptors (Lipinski definition) is 4. The summed E-state index contributed by atoms with van der Waals surface area (Å²) in [6.07, 6.45) is 5.56. The number of likely N-dealkylation sites (tertiary alicyclic amines) is 1. The number of rotatable bonds is 4. The molecule has 1 aliphatic heterocycles. The Labute approximate surface area is 137 Å². The maximum atomic E-state index is 13.8. The maximum Gasteiger partial charge on any atom is 0.325 e. The van der Waals surface area contributed by atoms with E-state index in [9.17, 15) is 14.0 Å². The molecule has 3 heterocycles. The van der Waals surface area contributed by atoms with E-state index in [0.29, 0.717) is 13.1 Å². The fourth-order valence-corrected chi connectivity index (χ4v) is 3.07. The third-order valence-corrected chi connectivity index (χ3v) is 4.16. The first-order valence-electron chi connectivity index (χ1n) is 7.68. The smallest absolute Gasteiger partial charge is 0.325 e. The number of pyridine rings is 1. The molecule has 2 aromatic heterocycles. The molecule has 3 rings (SSSR count). The second kappa shape index (κ2) is 6.77. The van der Waals surface area contributed by atoms with Gasteiger partial charge in [-0.3, -0.25) is 19.3 Å². The van der Waals surface area contributed by atoms with Crippen LogP contribution in [0.1, 0.15) is 34.8 Å². The zero-order valence-electron chi connectivity index (χ0n) is 12.9. The van der Waals surface area contributed by atoms with Crippen LogP contribution in [0.15, 0.2) is 30.7 Å². The molecule has 0 aliphatic carbocycles. The fraction of sp³-hybridized carbons (Fsp3) is 0.375. The van der Waals surface area contributed by atoms with Gasteiger partial charge >= 0.3 is 5.97 Å². The number of carbonyl (C=O) groups is 2. The molecule has 1 aliphatic rings. The molecule has 126 valence electrons. The van der Waals surface area contributed by atoms with Crippen LogP contribution in [0.25, 0.3) is 0 Å². The highest BCUT2D eigenvalue weighted by atomic mass is 19.1. The van der Waals surface area contributed by atoms with Gasteiger partial charge in [0.25, 0.3) is 5.91 Å². The highest BCUT2D eigenvalue weighted by Gasteiger charge is 2.28. The average molecular weight is 332 g/mol. The second-order valence-corrected chi connectivity index (χ2v) is 5.75. The molecular weight excluding hydrogens is 315 g/mol. The molecule has 8 heteroatoms. The van der Waals surface area contributed by atoms with E-state index in [4.69, 9.17) is 5.11 Å². The minimum Gasteiger partial charge on any atom is -0.480 e. The zero-order valence-corrected chi connectivity index (χ0v) is 12.9. The van der Waals surface area contributed by atoms with Crippen LogP contribution in [0, 0.1) is 5.82 Å². The third kappa shape index (κ3) is 3.27. The summed E-state index contributed by atoms with van der Waals surface area (Å²) >= 11 is 0. The topological polar surface area (TPSA) is 88.3 Å². The Hall–Kier alpha value is -2.77. The number of halogens is 1. The predicted octanol–water partition coefficient (Wildman–Crippen LogP) is 1.52. The van der Waals surface area contributed by atoms with Crippen LogP contribution in [0.2, 0.25) is 0 Å². The van der Waals surface area contributed by atoms with Crippen molar-refractivity contribution in [3.8, 4) is 0 Å². The number of carbonyl (C=O) groups excluding carboxylic acids is 1. The lowest BCUT2D eigenvalue weighted by Gasteiger charge is -2.33. The molecule has 0 aromatic carbocycles. The van der Waals surface area contributed by atoms with Gasteiger partial charge in [0.1, 0.15) is 6.54 Å². The fourth-order valence-electron chi connectivity index (χ4n) is 3.07. The van der Waals surface area contributed by atoms with Crippen molar-refractivity contribution in [2.24, 2.45) is 0 Å². The number of carboxylic acid groups (broad SMARTS) is 1. The highest BCUT2D eigenvalue weighted by molar-refractivity contribution is 5.94. The van der Waals surface area contributed by atoms with Crippen molar-refractivity contribution in [3.63, 3.8) is 0 Å². The van der Waals surface area contributed by atoms with Crippen molar-refractivity contribution in [2.45, 2.75) is 25.3 Å². The lowest BCUT2D eigenvalue weighted by molar-refractivity contribution is -0.137. The van der Waals surface area contributed by atoms with Crippen molar-refractivity contribution in [2.75, 3.05) is 13.1 Å². The van der Waals surface area contributed by atoms with Crippen molar-refractivity contribution in [1.29, 1.82) is 0 Å². The Bertz CT molecular complexity index is 761. The Kier molecular flexibility index (Phi) is 4.54. The number of nitrogens with zero attached hydrogens (tertiary/aromatic N) is 4. The van der Waals surface area contributed by atoms with E-state index in [-0.39, 0.29) is 23.9 Å². The molecule has 24 heavy (non-hydrogen) atoms. The number of amides is 1. The molecule has 2 aromatic rings. The van der Waals surface area contributed by atoms with Crippen LogP contribution in [0.3, 0.4) is 0 Å². The van der Waals surface area contributed by atoms with E-state index in [1.165, 1.54) is 16.9 Å². The number of aliphatic carboxylic acids is 1. The van der Waals surface area contributed by atoms with Gasteiger partial charge in [-0.1, -0.05) is 0 Å². The van der Waals surface area contributed by atoms with Gasteiger partial charge in [0.2, 0.25) is 0 Å². The number of hydrogen-bond donors (Lipinski definition) is 1. The summed E-state index contributed by atoms with van der Waals surface area (Å²) in [4.78, 5) is 28.7. The van der Waals surface area contributed by atoms with Crippen LogP contribution in [0.4, 0.5) is 4.39 Å². The summed E-state index contributed by atoms with van der Waals surface area (Å²) in [6.45, 7) is 0.738. The monoisotopic (exact) mass is 332 g/mol. The summed E-state index contributed by atoms with van der Waals surface area (Å²) in [5, 5.41) is 13.0. The molecule has 0 unspecified atom stereocenters. The molecular formula is C16H17FN4O3. The predicted molar refractivity (Wildman–Crippen MR) is 81.9 cm³/mol. The van der Waals surface area contributed by atoms with Gasteiger partial charge in [-0.25, -0.2) is 4.39 Å². The first-order valence-corrected chi connectivity index (χ1v) is 7.68. The third-order valence-electron chi connectivity index (χ3n) is 4.16. The maximum absolute atomic E-state index is 13.8. The quantitative estimate of drug-likeness (QED) is 0.917. The number of aromatic nitrogens is 3. The minimum atomic E-state index is -0.970. The standard InChI is InChI=1S/C16H17FN4O3/c17-13-8-18-5-3-12(13)16(24)20-7-1-2-11(9-20)14-4-6-19-21(14)10-15(22)23/h3-6,8,11H,1-2,7,9-10H2,(H,22,23)/t11-/m1/s1. The van der Waals surface area contributed by atoms with Crippen molar-refractivity contribution >= 4 is 11.9 Å². The molecule has 1 N–H and O–H groups in total. The summed E-state index contributed by atoms with van der Waals surface area (Å²) < 4.78 is 15.2. The second-order valence-electron chi connectivity index (χ2n) is 5.75. The van der Waals surface area contributed by atoms with Gasteiger partial charge in [-0.15, -0.1) is 0 Å². The molecule has 1 atom stereocenters. The summed E-state index contributed by atoms with van der Waals surface area (Å²) in [6, 6.07) is 3.14. The Morgan fingerprint density at radius 2 is 2.17 bits per heavy atom. The zero-order chi connectivity index (χ0) is 17.1. The van der Waals surface area contributed by atoms with E-state index < -0.39 is 11.8 Å². The molecule has 0 radical (unpaired) electrons. The van der Waals surface area contributed by atoms with Crippen LogP contribution >= 0.6 is 0 Å². The molecule has 0 bridgehead atoms. The summed E-state index contributed by atoms with van der Waals surface area (Å²) in [5.74, 6) is -2.00. The first-order chi connectivity index (χ1) is 11.6. The summed E-state index contributed by atoms with van der Waals surface area (Å²) in [5.41, 5.74) is 0.787. The van der Waals surface area contributed by atoms with Gasteiger partial charge in [0.15, 0.2) is 5.82 Å². The van der Waals surface area contributed by atoms with Crippen molar-refractivity contribution < 1.29 is 19.1 Å². The highest BCUT2D eigenvalue weighted by Crippen LogP contribution is 2.28. The Balaban J connectivity index is 1.78. The van der Waals surface area contributed by atoms with Gasteiger partial charge in [-0.05, 0) is 25.0 Å². The number of carboxylic acids is 1. The van der Waals surface area contributed by atoms with Gasteiger partial charge in [0, 0.05) is 37.1 Å². The van der Waals surface area contributed by atoms with Crippen LogP contribution in [-0.2, 0) is 11.3 Å². The lowest BCUT2D eigenvalue weighted by atomic mass is 9.94. The van der Waals surface area contributed by atoms with Gasteiger partial charge < -0.3 is 10.0 Å². The largest absolute Gasteiger partial charge is 0.480 e. The Morgan fingerprint density at radius 3 is 2.92 bits per heavy atom. The normalized spacial score (nSPS) is 17.7. The van der Waals surface area contributed by atoms with Crippen LogP contribution in [0.5, 0.6) is 0 Å². The lowest BCUT2D eigenvalue weighted by Crippen LogP contribution is -2.40. The van der Waals surface area contributed by atoms with E-state index in [1.54, 1.807) is 17.2 Å². The molecule has 0 spiro atoms. The Morgan fingerprint density at radius 1 is 1.33 bits per heavy atom. The van der Waals surface area contributed by atoms with E-state index in [1.807, 2.05) is 0 Å². The van der Waals surface area contributed by atoms with E-state index in [0.717, 1.165) is 24.7 Å². The van der Waals surface area contributed by atoms with E-state index >= 15 is 0 Å². The summed E-state index contributed by atoms with van der Waals surface area (Å²) in [7, 11) is 0. The molecule has 7 nitrogen and oxygen atoms in total.